The van der Waals surface area contributed by atoms with Crippen LogP contribution in [0, 0.1) is 5.82 Å². The molecule has 1 heterocycles. The lowest BCUT2D eigenvalue weighted by Gasteiger charge is -2.12. The molecule has 1 N–H and O–H groups in total. The van der Waals surface area contributed by atoms with Crippen molar-refractivity contribution in [2.75, 3.05) is 5.32 Å². The first kappa shape index (κ1) is 19.8. The van der Waals surface area contributed by atoms with Crippen molar-refractivity contribution in [1.29, 1.82) is 0 Å². The molecule has 0 atom stereocenters. The second-order valence-electron chi connectivity index (χ2n) is 5.63. The third-order valence-corrected chi connectivity index (χ3v) is 3.93. The summed E-state index contributed by atoms with van der Waals surface area (Å²) in [6, 6.07) is 10.9. The molecule has 0 aliphatic rings. The number of furan rings is 1. The van der Waals surface area contributed by atoms with Gasteiger partial charge in [-0.2, -0.15) is 13.2 Å². The normalized spacial score (nSPS) is 11.3. The van der Waals surface area contributed by atoms with E-state index in [1.807, 2.05) is 0 Å². The van der Waals surface area contributed by atoms with Crippen molar-refractivity contribution in [3.8, 4) is 5.75 Å². The van der Waals surface area contributed by atoms with E-state index in [2.05, 4.69) is 5.32 Å². The van der Waals surface area contributed by atoms with E-state index in [0.29, 0.717) is 0 Å². The van der Waals surface area contributed by atoms with Gasteiger partial charge in [0.1, 0.15) is 23.9 Å². The molecule has 1 aromatic heterocycles. The van der Waals surface area contributed by atoms with Gasteiger partial charge in [-0.1, -0.05) is 23.7 Å². The van der Waals surface area contributed by atoms with Crippen molar-refractivity contribution in [2.24, 2.45) is 0 Å². The van der Waals surface area contributed by atoms with Crippen molar-refractivity contribution in [2.45, 2.75) is 12.8 Å². The third-order valence-electron chi connectivity index (χ3n) is 3.63. The highest BCUT2D eigenvalue weighted by molar-refractivity contribution is 6.32. The molecule has 4 nitrogen and oxygen atoms in total. The number of nitrogens with one attached hydrogen (secondary N) is 1. The standard InChI is InChI=1S/C19H12ClF4NO3/c20-14-9-11(21)5-7-16(14)27-10-12-6-8-17(28-12)18(26)25-15-4-2-1-3-13(15)19(22,23)24/h1-9H,10H2,(H,25,26). The molecule has 0 spiro atoms. The minimum absolute atomic E-state index is 0.0632. The maximum absolute atomic E-state index is 13.0. The van der Waals surface area contributed by atoms with Crippen LogP contribution in [-0.2, 0) is 12.8 Å². The zero-order valence-corrected chi connectivity index (χ0v) is 14.8. The summed E-state index contributed by atoms with van der Waals surface area (Å²) in [6.45, 7) is -0.113. The van der Waals surface area contributed by atoms with Gasteiger partial charge in [0.25, 0.3) is 5.91 Å². The predicted octanol–water partition coefficient (Wildman–Crippen LogP) is 5.92. The van der Waals surface area contributed by atoms with Gasteiger partial charge in [-0.05, 0) is 42.5 Å². The fourth-order valence-corrected chi connectivity index (χ4v) is 2.56. The molecule has 0 aliphatic heterocycles. The first-order valence-corrected chi connectivity index (χ1v) is 8.26. The van der Waals surface area contributed by atoms with Gasteiger partial charge in [0.2, 0.25) is 0 Å². The van der Waals surface area contributed by atoms with E-state index in [9.17, 15) is 22.4 Å². The Morgan fingerprint density at radius 2 is 1.86 bits per heavy atom. The zero-order valence-electron chi connectivity index (χ0n) is 14.0. The molecular weight excluding hydrogens is 402 g/mol. The maximum Gasteiger partial charge on any atom is 0.418 e. The van der Waals surface area contributed by atoms with Crippen LogP contribution in [0.3, 0.4) is 0 Å². The second-order valence-corrected chi connectivity index (χ2v) is 6.03. The van der Waals surface area contributed by atoms with Crippen molar-refractivity contribution < 1.29 is 31.5 Å². The van der Waals surface area contributed by atoms with E-state index in [0.717, 1.165) is 18.2 Å². The number of rotatable bonds is 5. The first-order chi connectivity index (χ1) is 13.2. The van der Waals surface area contributed by atoms with Gasteiger partial charge in [0.05, 0.1) is 16.3 Å². The number of carbonyl (C=O) groups is 1. The van der Waals surface area contributed by atoms with Crippen LogP contribution in [0.25, 0.3) is 0 Å². The minimum Gasteiger partial charge on any atom is -0.484 e. The lowest BCUT2D eigenvalue weighted by atomic mass is 10.1. The maximum atomic E-state index is 13.0. The summed E-state index contributed by atoms with van der Waals surface area (Å²) < 4.78 is 62.7. The number of ether oxygens (including phenoxy) is 1. The van der Waals surface area contributed by atoms with E-state index >= 15 is 0 Å². The molecule has 0 unspecified atom stereocenters. The lowest BCUT2D eigenvalue weighted by molar-refractivity contribution is -0.136. The molecule has 28 heavy (non-hydrogen) atoms. The van der Waals surface area contributed by atoms with Crippen molar-refractivity contribution >= 4 is 23.2 Å². The number of anilines is 1. The Hall–Kier alpha value is -3.00. The van der Waals surface area contributed by atoms with Gasteiger partial charge in [-0.15, -0.1) is 0 Å². The molecule has 0 fully saturated rings. The minimum atomic E-state index is -4.61. The van der Waals surface area contributed by atoms with Crippen LogP contribution >= 0.6 is 11.6 Å². The molecule has 0 saturated carbocycles. The number of alkyl halides is 3. The van der Waals surface area contributed by atoms with Gasteiger partial charge >= 0.3 is 6.18 Å². The fourth-order valence-electron chi connectivity index (χ4n) is 2.34. The molecule has 0 bridgehead atoms. The van der Waals surface area contributed by atoms with Crippen LogP contribution in [0.5, 0.6) is 5.75 Å². The largest absolute Gasteiger partial charge is 0.484 e. The predicted molar refractivity (Wildman–Crippen MR) is 93.8 cm³/mol. The van der Waals surface area contributed by atoms with Crippen LogP contribution in [0.4, 0.5) is 23.2 Å². The molecule has 9 heteroatoms. The lowest BCUT2D eigenvalue weighted by Crippen LogP contribution is -2.16. The van der Waals surface area contributed by atoms with Crippen molar-refractivity contribution in [3.05, 3.63) is 82.5 Å². The number of carbonyl (C=O) groups excluding carboxylic acids is 1. The number of halogens is 5. The van der Waals surface area contributed by atoms with Gasteiger partial charge in [-0.25, -0.2) is 4.39 Å². The summed E-state index contributed by atoms with van der Waals surface area (Å²) in [7, 11) is 0. The molecule has 3 rings (SSSR count). The quantitative estimate of drug-likeness (QED) is 0.528. The Bertz CT molecular complexity index is 1000. The van der Waals surface area contributed by atoms with E-state index in [-0.39, 0.29) is 34.6 Å². The Morgan fingerprint density at radius 1 is 1.11 bits per heavy atom. The highest BCUT2D eigenvalue weighted by atomic mass is 35.5. The van der Waals surface area contributed by atoms with E-state index in [1.165, 1.54) is 36.4 Å². The number of hydrogen-bond donors (Lipinski definition) is 1. The molecule has 0 aliphatic carbocycles. The second kappa shape index (κ2) is 7.93. The summed E-state index contributed by atoms with van der Waals surface area (Å²) in [5.41, 5.74) is -1.35. The van der Waals surface area contributed by atoms with Crippen LogP contribution in [0.2, 0.25) is 5.02 Å². The summed E-state index contributed by atoms with van der Waals surface area (Å²) in [5, 5.41) is 2.24. The summed E-state index contributed by atoms with van der Waals surface area (Å²) in [6.07, 6.45) is -4.61. The fraction of sp³-hybridized carbons (Fsp3) is 0.105. The first-order valence-electron chi connectivity index (χ1n) is 7.88. The van der Waals surface area contributed by atoms with Crippen LogP contribution < -0.4 is 10.1 Å². The van der Waals surface area contributed by atoms with E-state index in [4.69, 9.17) is 20.8 Å². The van der Waals surface area contributed by atoms with Crippen LogP contribution in [0.15, 0.2) is 59.0 Å². The molecule has 1 amide bonds. The number of benzene rings is 2. The van der Waals surface area contributed by atoms with Crippen molar-refractivity contribution in [1.82, 2.24) is 0 Å². The topological polar surface area (TPSA) is 51.5 Å². The Kier molecular flexibility index (Phi) is 5.60. The van der Waals surface area contributed by atoms with Gasteiger partial charge < -0.3 is 14.5 Å². The average molecular weight is 414 g/mol. The van der Waals surface area contributed by atoms with Crippen LogP contribution in [-0.4, -0.2) is 5.91 Å². The molecule has 0 saturated heterocycles. The monoisotopic (exact) mass is 413 g/mol. The highest BCUT2D eigenvalue weighted by Gasteiger charge is 2.33. The zero-order chi connectivity index (χ0) is 20.3. The third kappa shape index (κ3) is 4.64. The number of hydrogen-bond acceptors (Lipinski definition) is 3. The average Bonchev–Trinajstić information content (AvgIpc) is 3.10. The highest BCUT2D eigenvalue weighted by Crippen LogP contribution is 2.34. The Morgan fingerprint density at radius 3 is 2.57 bits per heavy atom. The van der Waals surface area contributed by atoms with Gasteiger partial charge in [-0.3, -0.25) is 4.79 Å². The molecule has 146 valence electrons. The molecule has 2 aromatic carbocycles. The summed E-state index contributed by atoms with van der Waals surface area (Å²) in [5.74, 6) is -1.11. The smallest absolute Gasteiger partial charge is 0.418 e. The van der Waals surface area contributed by atoms with E-state index in [1.54, 1.807) is 0 Å². The Balaban J connectivity index is 1.68. The molecule has 0 radical (unpaired) electrons. The number of amides is 1. The summed E-state index contributed by atoms with van der Waals surface area (Å²) >= 11 is 5.84. The van der Waals surface area contributed by atoms with Gasteiger partial charge in [0, 0.05) is 0 Å². The molecular formula is C19H12ClF4NO3. The SMILES string of the molecule is O=C(Nc1ccccc1C(F)(F)F)c1ccc(COc2ccc(F)cc2Cl)o1. The van der Waals surface area contributed by atoms with Crippen LogP contribution in [0.1, 0.15) is 21.9 Å². The van der Waals surface area contributed by atoms with Crippen molar-refractivity contribution in [3.63, 3.8) is 0 Å². The molecule has 3 aromatic rings. The van der Waals surface area contributed by atoms with E-state index < -0.39 is 23.5 Å². The summed E-state index contributed by atoms with van der Waals surface area (Å²) in [4.78, 5) is 12.2. The Labute approximate surface area is 161 Å². The number of para-hydroxylation sites is 1. The van der Waals surface area contributed by atoms with Gasteiger partial charge in [0.15, 0.2) is 5.76 Å².